The molecule has 2 rings (SSSR count). The molecule has 0 aliphatic heterocycles. The number of aryl methyl sites for hydroxylation is 1. The van der Waals surface area contributed by atoms with Gasteiger partial charge in [-0.05, 0) is 43.4 Å². The van der Waals surface area contributed by atoms with E-state index < -0.39 is 5.97 Å². The van der Waals surface area contributed by atoms with Crippen LogP contribution in [0.1, 0.15) is 46.9 Å². The van der Waals surface area contributed by atoms with E-state index in [9.17, 15) is 9.59 Å². The maximum atomic E-state index is 12.9. The van der Waals surface area contributed by atoms with Gasteiger partial charge in [0.2, 0.25) is 0 Å². The third-order valence-electron chi connectivity index (χ3n) is 4.38. The minimum atomic E-state index is -0.467. The largest absolute Gasteiger partial charge is 0.464 e. The number of amides is 2. The molecule has 1 N–H and O–H groups in total. The molecule has 0 radical (unpaired) electrons. The number of hydrogen-bond acceptors (Lipinski definition) is 5. The summed E-state index contributed by atoms with van der Waals surface area (Å²) >= 11 is 1.35. The number of benzene rings is 1. The second kappa shape index (κ2) is 9.50. The highest BCUT2D eigenvalue weighted by molar-refractivity contribution is 7.09. The van der Waals surface area contributed by atoms with Crippen LogP contribution in [-0.4, -0.2) is 35.5 Å². The molecule has 0 unspecified atom stereocenters. The Morgan fingerprint density at radius 2 is 2.04 bits per heavy atom. The van der Waals surface area contributed by atoms with Crippen molar-refractivity contribution in [1.29, 1.82) is 0 Å². The summed E-state index contributed by atoms with van der Waals surface area (Å²) in [4.78, 5) is 30.5. The van der Waals surface area contributed by atoms with Crippen LogP contribution in [0.3, 0.4) is 0 Å². The number of thiazole rings is 1. The molecule has 1 aromatic carbocycles. The van der Waals surface area contributed by atoms with Gasteiger partial charge in [-0.1, -0.05) is 26.0 Å². The molecule has 0 saturated carbocycles. The van der Waals surface area contributed by atoms with E-state index in [0.717, 1.165) is 23.2 Å². The molecule has 0 bridgehead atoms. The Balaban J connectivity index is 2.15. The lowest BCUT2D eigenvalue weighted by molar-refractivity contribution is 0.0594. The quantitative estimate of drug-likeness (QED) is 0.701. The van der Waals surface area contributed by atoms with Gasteiger partial charge in [-0.15, -0.1) is 11.3 Å². The van der Waals surface area contributed by atoms with Crippen molar-refractivity contribution >= 4 is 29.0 Å². The van der Waals surface area contributed by atoms with Crippen LogP contribution in [0.5, 0.6) is 0 Å². The van der Waals surface area contributed by atoms with Crippen molar-refractivity contribution in [3.8, 4) is 0 Å². The monoisotopic (exact) mass is 389 g/mol. The van der Waals surface area contributed by atoms with Crippen molar-refractivity contribution in [1.82, 2.24) is 9.88 Å². The van der Waals surface area contributed by atoms with Crippen LogP contribution in [-0.2, 0) is 11.3 Å². The highest BCUT2D eigenvalue weighted by atomic mass is 32.1. The van der Waals surface area contributed by atoms with Gasteiger partial charge < -0.3 is 15.0 Å². The number of urea groups is 1. The summed E-state index contributed by atoms with van der Waals surface area (Å²) in [6.07, 6.45) is 0.884. The highest BCUT2D eigenvalue weighted by Gasteiger charge is 2.19. The average Bonchev–Trinajstić information content (AvgIpc) is 3.10. The Kier molecular flexibility index (Phi) is 7.36. The third kappa shape index (κ3) is 5.79. The molecule has 2 amide bonds. The molecule has 0 spiro atoms. The van der Waals surface area contributed by atoms with E-state index in [1.165, 1.54) is 18.4 Å². The van der Waals surface area contributed by atoms with E-state index in [0.29, 0.717) is 24.0 Å². The molecule has 2 aromatic rings. The van der Waals surface area contributed by atoms with Crippen molar-refractivity contribution in [2.45, 2.75) is 40.7 Å². The van der Waals surface area contributed by atoms with E-state index in [1.807, 2.05) is 32.0 Å². The normalized spacial score (nSPS) is 10.7. The van der Waals surface area contributed by atoms with Crippen LogP contribution < -0.4 is 5.32 Å². The molecule has 6 nitrogen and oxygen atoms in total. The molecule has 1 aromatic heterocycles. The van der Waals surface area contributed by atoms with Gasteiger partial charge in [0.05, 0.1) is 13.7 Å². The Morgan fingerprint density at radius 3 is 2.70 bits per heavy atom. The van der Waals surface area contributed by atoms with Crippen molar-refractivity contribution in [3.05, 3.63) is 45.4 Å². The van der Waals surface area contributed by atoms with Crippen LogP contribution in [0.25, 0.3) is 0 Å². The predicted octanol–water partition coefficient (Wildman–Crippen LogP) is 4.63. The second-order valence-corrected chi connectivity index (χ2v) is 7.84. The lowest BCUT2D eigenvalue weighted by atomic mass is 10.1. The van der Waals surface area contributed by atoms with Crippen LogP contribution in [0.4, 0.5) is 10.5 Å². The molecular formula is C20H27N3O3S. The van der Waals surface area contributed by atoms with Gasteiger partial charge >= 0.3 is 12.0 Å². The maximum Gasteiger partial charge on any atom is 0.357 e. The van der Waals surface area contributed by atoms with E-state index in [4.69, 9.17) is 4.74 Å². The first kappa shape index (κ1) is 20.9. The molecule has 0 atom stereocenters. The Labute approximate surface area is 164 Å². The van der Waals surface area contributed by atoms with Crippen molar-refractivity contribution in [2.24, 2.45) is 5.92 Å². The van der Waals surface area contributed by atoms with Crippen LogP contribution in [0, 0.1) is 19.8 Å². The zero-order valence-electron chi connectivity index (χ0n) is 16.5. The van der Waals surface area contributed by atoms with Gasteiger partial charge in [-0.25, -0.2) is 14.6 Å². The first-order chi connectivity index (χ1) is 12.8. The Morgan fingerprint density at radius 1 is 1.30 bits per heavy atom. The summed E-state index contributed by atoms with van der Waals surface area (Å²) in [6.45, 7) is 9.23. The summed E-state index contributed by atoms with van der Waals surface area (Å²) in [6, 6.07) is 5.68. The van der Waals surface area contributed by atoms with E-state index >= 15 is 0 Å². The number of carbonyl (C=O) groups is 2. The zero-order valence-corrected chi connectivity index (χ0v) is 17.4. The summed E-state index contributed by atoms with van der Waals surface area (Å²) in [5, 5.41) is 5.37. The summed E-state index contributed by atoms with van der Waals surface area (Å²) in [5.74, 6) is 0.00833. The number of aromatic nitrogens is 1. The predicted molar refractivity (Wildman–Crippen MR) is 108 cm³/mol. The minimum absolute atomic E-state index is 0.167. The molecule has 0 aliphatic carbocycles. The first-order valence-electron chi connectivity index (χ1n) is 8.96. The number of anilines is 1. The fraction of sp³-hybridized carbons (Fsp3) is 0.450. The molecule has 1 heterocycles. The number of methoxy groups -OCH3 is 1. The second-order valence-electron chi connectivity index (χ2n) is 6.90. The number of rotatable bonds is 7. The van der Waals surface area contributed by atoms with Gasteiger partial charge in [0.1, 0.15) is 5.01 Å². The zero-order chi connectivity index (χ0) is 20.0. The first-order valence-corrected chi connectivity index (χ1v) is 9.84. The van der Waals surface area contributed by atoms with Crippen molar-refractivity contribution in [2.75, 3.05) is 19.0 Å². The number of esters is 1. The lowest BCUT2D eigenvalue weighted by Crippen LogP contribution is -2.36. The molecule has 0 fully saturated rings. The third-order valence-corrected chi connectivity index (χ3v) is 5.22. The standard InChI is InChI=1S/C20H27N3O3S/c1-13(2)9-10-23(11-18-21-17(12-27-18)19(24)26-5)20(25)22-16-8-6-7-14(3)15(16)4/h6-8,12-13H,9-11H2,1-5H3,(H,22,25). The number of carbonyl (C=O) groups excluding carboxylic acids is 2. The maximum absolute atomic E-state index is 12.9. The lowest BCUT2D eigenvalue weighted by Gasteiger charge is -2.24. The van der Waals surface area contributed by atoms with Gasteiger partial charge in [-0.3, -0.25) is 0 Å². The number of hydrogen-bond donors (Lipinski definition) is 1. The van der Waals surface area contributed by atoms with E-state index in [1.54, 1.807) is 10.3 Å². The summed E-state index contributed by atoms with van der Waals surface area (Å²) in [5.41, 5.74) is 3.27. The topological polar surface area (TPSA) is 71.5 Å². The average molecular weight is 390 g/mol. The SMILES string of the molecule is COC(=O)c1csc(CN(CCC(C)C)C(=O)Nc2cccc(C)c2C)n1. The van der Waals surface area contributed by atoms with Crippen molar-refractivity contribution < 1.29 is 14.3 Å². The summed E-state index contributed by atoms with van der Waals surface area (Å²) in [7, 11) is 1.33. The number of nitrogens with one attached hydrogen (secondary N) is 1. The number of nitrogens with zero attached hydrogens (tertiary/aromatic N) is 2. The van der Waals surface area contributed by atoms with Crippen LogP contribution in [0.15, 0.2) is 23.6 Å². The van der Waals surface area contributed by atoms with Crippen LogP contribution >= 0.6 is 11.3 Å². The molecule has 27 heavy (non-hydrogen) atoms. The molecule has 0 saturated heterocycles. The molecular weight excluding hydrogens is 362 g/mol. The van der Waals surface area contributed by atoms with Gasteiger partial charge in [0.25, 0.3) is 0 Å². The highest BCUT2D eigenvalue weighted by Crippen LogP contribution is 2.20. The van der Waals surface area contributed by atoms with Gasteiger partial charge in [0, 0.05) is 17.6 Å². The smallest absolute Gasteiger partial charge is 0.357 e. The minimum Gasteiger partial charge on any atom is -0.464 e. The summed E-state index contributed by atoms with van der Waals surface area (Å²) < 4.78 is 4.70. The van der Waals surface area contributed by atoms with E-state index in [2.05, 4.69) is 24.1 Å². The van der Waals surface area contributed by atoms with Crippen LogP contribution in [0.2, 0.25) is 0 Å². The Bertz CT molecular complexity index is 802. The molecule has 146 valence electrons. The molecule has 7 heteroatoms. The fourth-order valence-corrected chi connectivity index (χ4v) is 3.27. The van der Waals surface area contributed by atoms with Crippen molar-refractivity contribution in [3.63, 3.8) is 0 Å². The van der Waals surface area contributed by atoms with Gasteiger partial charge in [0.15, 0.2) is 5.69 Å². The van der Waals surface area contributed by atoms with E-state index in [-0.39, 0.29) is 11.7 Å². The Hall–Kier alpha value is -2.41. The fourth-order valence-electron chi connectivity index (χ4n) is 2.49. The number of ether oxygens (including phenoxy) is 1. The molecule has 0 aliphatic rings. The van der Waals surface area contributed by atoms with Gasteiger partial charge in [-0.2, -0.15) is 0 Å².